The Morgan fingerprint density at radius 2 is 1.57 bits per heavy atom. The molecule has 0 aliphatic carbocycles. The molecule has 0 saturated heterocycles. The van der Waals surface area contributed by atoms with Crippen LogP contribution in [0.2, 0.25) is 0 Å². The fraction of sp³-hybridized carbons (Fsp3) is 0.440. The molecule has 30 heavy (non-hydrogen) atoms. The van der Waals surface area contributed by atoms with E-state index in [1.807, 2.05) is 6.07 Å². The molecule has 0 fully saturated rings. The lowest BCUT2D eigenvalue weighted by molar-refractivity contribution is -0.138. The first-order valence-corrected chi connectivity index (χ1v) is 11.6. The number of allylic oxidation sites excluding steroid dienone is 5. The van der Waals surface area contributed by atoms with E-state index in [9.17, 15) is 14.7 Å². The molecule has 4 nitrogen and oxygen atoms in total. The standard InChI is InChI=1S/C25H35NO3S/c1-19(2)10-8-11-20(3)12-9-13-21(4)16-17-30-18-23(25(28)29)26-24(27)22-14-6-5-7-15-22/h5-7,10,12,14-16,23H,8-9,11,13,17-18H2,1-4H3,(H,26,27)(H,28,29)/t23-/m0/s1. The van der Waals surface area contributed by atoms with Gasteiger partial charge in [-0.3, -0.25) is 4.79 Å². The molecule has 0 spiro atoms. The fourth-order valence-corrected chi connectivity index (χ4v) is 3.73. The van der Waals surface area contributed by atoms with Gasteiger partial charge in [-0.1, -0.05) is 53.1 Å². The van der Waals surface area contributed by atoms with Crippen LogP contribution < -0.4 is 5.32 Å². The van der Waals surface area contributed by atoms with Crippen molar-refractivity contribution in [3.63, 3.8) is 0 Å². The summed E-state index contributed by atoms with van der Waals surface area (Å²) < 4.78 is 0. The van der Waals surface area contributed by atoms with Crippen molar-refractivity contribution in [2.45, 2.75) is 59.4 Å². The third kappa shape index (κ3) is 11.7. The monoisotopic (exact) mass is 429 g/mol. The molecule has 0 bridgehead atoms. The van der Waals surface area contributed by atoms with Crippen LogP contribution in [0.15, 0.2) is 65.3 Å². The third-order valence-corrected chi connectivity index (χ3v) is 5.57. The summed E-state index contributed by atoms with van der Waals surface area (Å²) in [5, 5.41) is 12.0. The lowest BCUT2D eigenvalue weighted by atomic mass is 10.1. The summed E-state index contributed by atoms with van der Waals surface area (Å²) in [5.41, 5.74) is 4.56. The highest BCUT2D eigenvalue weighted by atomic mass is 32.2. The molecule has 2 N–H and O–H groups in total. The van der Waals surface area contributed by atoms with Gasteiger partial charge in [0, 0.05) is 17.1 Å². The quantitative estimate of drug-likeness (QED) is 0.297. The second kappa shape index (κ2) is 14.7. The maximum absolute atomic E-state index is 12.2. The van der Waals surface area contributed by atoms with Crippen LogP contribution in [-0.2, 0) is 4.79 Å². The van der Waals surface area contributed by atoms with Gasteiger partial charge in [0.1, 0.15) is 6.04 Å². The Hall–Kier alpha value is -2.27. The van der Waals surface area contributed by atoms with Crippen molar-refractivity contribution in [2.75, 3.05) is 11.5 Å². The van der Waals surface area contributed by atoms with E-state index in [0.29, 0.717) is 11.3 Å². The third-order valence-electron chi connectivity index (χ3n) is 4.60. The lowest BCUT2D eigenvalue weighted by Crippen LogP contribution is -2.42. The van der Waals surface area contributed by atoms with Gasteiger partial charge in [-0.05, 0) is 65.5 Å². The number of aliphatic carboxylic acids is 1. The fourth-order valence-electron chi connectivity index (χ4n) is 2.73. The SMILES string of the molecule is CC(C)=CCCC(C)=CCCC(C)=CCSC[C@H](NC(=O)c1ccccc1)C(=O)O. The van der Waals surface area contributed by atoms with Crippen molar-refractivity contribution in [1.82, 2.24) is 5.32 Å². The second-order valence-electron chi connectivity index (χ2n) is 7.73. The number of hydrogen-bond acceptors (Lipinski definition) is 3. The van der Waals surface area contributed by atoms with Gasteiger partial charge < -0.3 is 10.4 Å². The van der Waals surface area contributed by atoms with E-state index in [-0.39, 0.29) is 5.91 Å². The van der Waals surface area contributed by atoms with Gasteiger partial charge in [0.2, 0.25) is 0 Å². The Labute approximate surface area is 185 Å². The number of carbonyl (C=O) groups is 2. The van der Waals surface area contributed by atoms with Crippen LogP contribution in [0.25, 0.3) is 0 Å². The van der Waals surface area contributed by atoms with Crippen LogP contribution in [-0.4, -0.2) is 34.5 Å². The molecule has 5 heteroatoms. The topological polar surface area (TPSA) is 66.4 Å². The molecule has 0 saturated carbocycles. The Morgan fingerprint density at radius 3 is 2.17 bits per heavy atom. The number of carboxylic acid groups (broad SMARTS) is 1. The lowest BCUT2D eigenvalue weighted by Gasteiger charge is -2.14. The molecule has 164 valence electrons. The number of benzene rings is 1. The highest BCUT2D eigenvalue weighted by Gasteiger charge is 2.20. The van der Waals surface area contributed by atoms with Crippen molar-refractivity contribution >= 4 is 23.6 Å². The van der Waals surface area contributed by atoms with Crippen molar-refractivity contribution in [3.05, 3.63) is 70.8 Å². The summed E-state index contributed by atoms with van der Waals surface area (Å²) in [6, 6.07) is 7.77. The Balaban J connectivity index is 2.35. The second-order valence-corrected chi connectivity index (χ2v) is 8.80. The molecule has 0 aliphatic heterocycles. The summed E-state index contributed by atoms with van der Waals surface area (Å²) in [6.45, 7) is 8.55. The van der Waals surface area contributed by atoms with E-state index in [1.165, 1.54) is 28.5 Å². The minimum absolute atomic E-state index is 0.334. The van der Waals surface area contributed by atoms with Crippen molar-refractivity contribution in [2.24, 2.45) is 0 Å². The first-order chi connectivity index (χ1) is 14.3. The predicted octanol–water partition coefficient (Wildman–Crippen LogP) is 6.02. The predicted molar refractivity (Wildman–Crippen MR) is 128 cm³/mol. The number of thioether (sulfide) groups is 1. The van der Waals surface area contributed by atoms with Crippen LogP contribution in [0.1, 0.15) is 63.7 Å². The molecule has 0 radical (unpaired) electrons. The zero-order valence-electron chi connectivity index (χ0n) is 18.6. The molecule has 1 aromatic rings. The first-order valence-electron chi connectivity index (χ1n) is 10.4. The summed E-state index contributed by atoms with van der Waals surface area (Å²) in [6.07, 6.45) is 11.0. The number of rotatable bonds is 13. The highest BCUT2D eigenvalue weighted by molar-refractivity contribution is 7.99. The van der Waals surface area contributed by atoms with Gasteiger partial charge in [0.15, 0.2) is 0 Å². The van der Waals surface area contributed by atoms with Crippen molar-refractivity contribution < 1.29 is 14.7 Å². The van der Waals surface area contributed by atoms with E-state index in [2.05, 4.69) is 51.2 Å². The zero-order chi connectivity index (χ0) is 22.4. The first kappa shape index (κ1) is 25.8. The summed E-state index contributed by atoms with van der Waals surface area (Å²) in [7, 11) is 0. The van der Waals surface area contributed by atoms with Crippen molar-refractivity contribution in [3.8, 4) is 0 Å². The number of carbonyl (C=O) groups excluding carboxylic acids is 1. The van der Waals surface area contributed by atoms with E-state index in [0.717, 1.165) is 31.4 Å². The Morgan fingerprint density at radius 1 is 0.967 bits per heavy atom. The van der Waals surface area contributed by atoms with Gasteiger partial charge in [-0.2, -0.15) is 11.8 Å². The molecule has 0 unspecified atom stereocenters. The van der Waals surface area contributed by atoms with Gasteiger partial charge in [0.05, 0.1) is 0 Å². The van der Waals surface area contributed by atoms with E-state index < -0.39 is 12.0 Å². The smallest absolute Gasteiger partial charge is 0.327 e. The molecule has 1 aromatic carbocycles. The average molecular weight is 430 g/mol. The molecular formula is C25H35NO3S. The van der Waals surface area contributed by atoms with E-state index >= 15 is 0 Å². The van der Waals surface area contributed by atoms with Gasteiger partial charge in [-0.25, -0.2) is 4.79 Å². The maximum atomic E-state index is 12.2. The largest absolute Gasteiger partial charge is 0.480 e. The zero-order valence-corrected chi connectivity index (χ0v) is 19.4. The summed E-state index contributed by atoms with van der Waals surface area (Å²) in [4.78, 5) is 23.6. The number of amides is 1. The molecule has 0 aromatic heterocycles. The van der Waals surface area contributed by atoms with Gasteiger partial charge in [-0.15, -0.1) is 0 Å². The van der Waals surface area contributed by atoms with Crippen LogP contribution in [0.5, 0.6) is 0 Å². The highest BCUT2D eigenvalue weighted by Crippen LogP contribution is 2.13. The van der Waals surface area contributed by atoms with Gasteiger partial charge >= 0.3 is 5.97 Å². The minimum atomic E-state index is -1.01. The van der Waals surface area contributed by atoms with Crippen LogP contribution in [0, 0.1) is 0 Å². The normalized spacial score (nSPS) is 12.9. The minimum Gasteiger partial charge on any atom is -0.480 e. The number of nitrogens with one attached hydrogen (secondary N) is 1. The van der Waals surface area contributed by atoms with Crippen LogP contribution in [0.4, 0.5) is 0 Å². The number of carboxylic acids is 1. The van der Waals surface area contributed by atoms with Crippen LogP contribution in [0.3, 0.4) is 0 Å². The Kier molecular flexibility index (Phi) is 12.6. The molecule has 0 aliphatic rings. The van der Waals surface area contributed by atoms with E-state index in [1.54, 1.807) is 24.3 Å². The number of hydrogen-bond donors (Lipinski definition) is 2. The average Bonchev–Trinajstić information content (AvgIpc) is 2.70. The molecule has 1 atom stereocenters. The summed E-state index contributed by atoms with van der Waals surface area (Å²) in [5.74, 6) is -0.301. The molecule has 0 heterocycles. The maximum Gasteiger partial charge on any atom is 0.327 e. The van der Waals surface area contributed by atoms with Gasteiger partial charge in [0.25, 0.3) is 5.91 Å². The van der Waals surface area contributed by atoms with Crippen molar-refractivity contribution in [1.29, 1.82) is 0 Å². The Bertz CT molecular complexity index is 762. The van der Waals surface area contributed by atoms with E-state index in [4.69, 9.17) is 0 Å². The van der Waals surface area contributed by atoms with Crippen LogP contribution >= 0.6 is 11.8 Å². The molecule has 1 amide bonds. The summed E-state index contributed by atoms with van der Waals surface area (Å²) >= 11 is 1.51. The molecule has 1 rings (SSSR count). The molecular weight excluding hydrogens is 394 g/mol.